The van der Waals surface area contributed by atoms with Gasteiger partial charge in [0.05, 0.1) is 11.6 Å². The smallest absolute Gasteiger partial charge is 0.141 e. The average molecular weight is 320 g/mol. The molecule has 1 rings (SSSR count). The molecular weight excluding hydrogens is 293 g/mol. The van der Waals surface area contributed by atoms with E-state index in [0.717, 1.165) is 24.2 Å². The van der Waals surface area contributed by atoms with Crippen LogP contribution in [0.4, 0.5) is 0 Å². The zero-order valence-corrected chi connectivity index (χ0v) is 14.7. The molecule has 0 saturated heterocycles. The quantitative estimate of drug-likeness (QED) is 0.850. The van der Waals surface area contributed by atoms with Crippen LogP contribution in [0.5, 0.6) is 5.75 Å². The summed E-state index contributed by atoms with van der Waals surface area (Å²) in [5.74, 6) is 0.793. The molecule has 0 aromatic heterocycles. The first-order valence-corrected chi connectivity index (χ1v) is 7.38. The standard InChI is InChI=1S/C16H26ClNO.ClH/c1-6-13(18)9-11-8-12(16(3,4)5)10-14(17)15(11)19-7-2;/h8,10,13H,6-7,9,18H2,1-5H3;1H. The monoisotopic (exact) mass is 319 g/mol. The molecular formula is C16H27Cl2NO. The highest BCUT2D eigenvalue weighted by Crippen LogP contribution is 2.35. The van der Waals surface area contributed by atoms with Gasteiger partial charge in [-0.1, -0.05) is 45.4 Å². The Hall–Kier alpha value is -0.440. The summed E-state index contributed by atoms with van der Waals surface area (Å²) in [7, 11) is 0. The highest BCUT2D eigenvalue weighted by molar-refractivity contribution is 6.32. The van der Waals surface area contributed by atoms with Crippen molar-refractivity contribution >= 4 is 24.0 Å². The molecule has 0 aliphatic heterocycles. The molecule has 0 heterocycles. The topological polar surface area (TPSA) is 35.2 Å². The largest absolute Gasteiger partial charge is 0.492 e. The Labute approximate surface area is 134 Å². The Balaban J connectivity index is 0.00000361. The minimum absolute atomic E-state index is 0. The van der Waals surface area contributed by atoms with E-state index in [1.54, 1.807) is 0 Å². The van der Waals surface area contributed by atoms with Crippen LogP contribution in [0.3, 0.4) is 0 Å². The number of benzene rings is 1. The molecule has 0 bridgehead atoms. The van der Waals surface area contributed by atoms with Crippen molar-refractivity contribution in [2.24, 2.45) is 5.73 Å². The van der Waals surface area contributed by atoms with Crippen molar-refractivity contribution in [1.82, 2.24) is 0 Å². The van der Waals surface area contributed by atoms with Crippen LogP contribution < -0.4 is 10.5 Å². The van der Waals surface area contributed by atoms with Crippen molar-refractivity contribution in [3.63, 3.8) is 0 Å². The molecule has 20 heavy (non-hydrogen) atoms. The van der Waals surface area contributed by atoms with Gasteiger partial charge in [-0.2, -0.15) is 0 Å². The van der Waals surface area contributed by atoms with E-state index in [9.17, 15) is 0 Å². The first-order valence-electron chi connectivity index (χ1n) is 7.00. The van der Waals surface area contributed by atoms with E-state index in [2.05, 4.69) is 33.8 Å². The first-order chi connectivity index (χ1) is 8.79. The van der Waals surface area contributed by atoms with E-state index in [1.807, 2.05) is 13.0 Å². The maximum atomic E-state index is 6.38. The van der Waals surface area contributed by atoms with Gasteiger partial charge < -0.3 is 10.5 Å². The lowest BCUT2D eigenvalue weighted by atomic mass is 9.85. The van der Waals surface area contributed by atoms with Crippen molar-refractivity contribution in [3.8, 4) is 5.75 Å². The third-order valence-corrected chi connectivity index (χ3v) is 3.56. The molecule has 0 aliphatic rings. The van der Waals surface area contributed by atoms with Crippen LogP contribution in [-0.2, 0) is 11.8 Å². The maximum Gasteiger partial charge on any atom is 0.141 e. The molecule has 4 heteroatoms. The molecule has 1 atom stereocenters. The Kier molecular flexibility index (Phi) is 7.93. The normalized spacial score (nSPS) is 12.8. The fraction of sp³-hybridized carbons (Fsp3) is 0.625. The summed E-state index contributed by atoms with van der Waals surface area (Å²) < 4.78 is 5.69. The Bertz CT molecular complexity index is 427. The number of hydrogen-bond acceptors (Lipinski definition) is 2. The zero-order chi connectivity index (χ0) is 14.6. The number of hydrogen-bond donors (Lipinski definition) is 1. The minimum atomic E-state index is 0. The summed E-state index contributed by atoms with van der Waals surface area (Å²) in [5.41, 5.74) is 8.49. The fourth-order valence-corrected chi connectivity index (χ4v) is 2.26. The van der Waals surface area contributed by atoms with E-state index in [4.69, 9.17) is 22.1 Å². The van der Waals surface area contributed by atoms with Gasteiger partial charge in [0.1, 0.15) is 5.75 Å². The summed E-state index contributed by atoms with van der Waals surface area (Å²) in [4.78, 5) is 0. The molecule has 2 N–H and O–H groups in total. The second-order valence-corrected chi connectivity index (χ2v) is 6.41. The number of halogens is 2. The molecule has 0 radical (unpaired) electrons. The predicted octanol–water partition coefficient (Wildman–Crippen LogP) is 4.74. The molecule has 0 saturated carbocycles. The maximum absolute atomic E-state index is 6.38. The third-order valence-electron chi connectivity index (χ3n) is 3.28. The van der Waals surface area contributed by atoms with Crippen LogP contribution in [-0.4, -0.2) is 12.6 Å². The van der Waals surface area contributed by atoms with Gasteiger partial charge in [-0.25, -0.2) is 0 Å². The van der Waals surface area contributed by atoms with Crippen LogP contribution >= 0.6 is 24.0 Å². The predicted molar refractivity (Wildman–Crippen MR) is 90.5 cm³/mol. The lowest BCUT2D eigenvalue weighted by molar-refractivity contribution is 0.335. The second kappa shape index (κ2) is 8.11. The van der Waals surface area contributed by atoms with Gasteiger partial charge in [-0.05, 0) is 42.4 Å². The molecule has 0 amide bonds. The van der Waals surface area contributed by atoms with E-state index in [0.29, 0.717) is 11.6 Å². The van der Waals surface area contributed by atoms with Gasteiger partial charge in [0, 0.05) is 6.04 Å². The van der Waals surface area contributed by atoms with Gasteiger partial charge >= 0.3 is 0 Å². The van der Waals surface area contributed by atoms with Gasteiger partial charge in [0.25, 0.3) is 0 Å². The van der Waals surface area contributed by atoms with Gasteiger partial charge in [0.2, 0.25) is 0 Å². The average Bonchev–Trinajstić information content (AvgIpc) is 2.31. The summed E-state index contributed by atoms with van der Waals surface area (Å²) >= 11 is 6.38. The van der Waals surface area contributed by atoms with E-state index >= 15 is 0 Å². The Morgan fingerprint density at radius 1 is 1.25 bits per heavy atom. The minimum Gasteiger partial charge on any atom is -0.492 e. The van der Waals surface area contributed by atoms with Crippen molar-refractivity contribution in [2.45, 2.75) is 58.9 Å². The van der Waals surface area contributed by atoms with Crippen LogP contribution in [0.25, 0.3) is 0 Å². The van der Waals surface area contributed by atoms with Crippen molar-refractivity contribution in [2.75, 3.05) is 6.61 Å². The van der Waals surface area contributed by atoms with Crippen molar-refractivity contribution < 1.29 is 4.74 Å². The van der Waals surface area contributed by atoms with Gasteiger partial charge in [0.15, 0.2) is 0 Å². The zero-order valence-electron chi connectivity index (χ0n) is 13.1. The lowest BCUT2D eigenvalue weighted by Crippen LogP contribution is -2.22. The molecule has 1 aromatic rings. The van der Waals surface area contributed by atoms with Crippen LogP contribution in [0.15, 0.2) is 12.1 Å². The van der Waals surface area contributed by atoms with E-state index in [1.165, 1.54) is 5.56 Å². The van der Waals surface area contributed by atoms with E-state index in [-0.39, 0.29) is 23.9 Å². The molecule has 0 spiro atoms. The fourth-order valence-electron chi connectivity index (χ4n) is 1.97. The molecule has 0 aliphatic carbocycles. The molecule has 1 unspecified atom stereocenters. The van der Waals surface area contributed by atoms with Gasteiger partial charge in [-0.15, -0.1) is 12.4 Å². The lowest BCUT2D eigenvalue weighted by Gasteiger charge is -2.23. The summed E-state index contributed by atoms with van der Waals surface area (Å²) in [6.07, 6.45) is 1.75. The molecule has 0 fully saturated rings. The number of rotatable bonds is 5. The van der Waals surface area contributed by atoms with Gasteiger partial charge in [-0.3, -0.25) is 0 Å². The summed E-state index contributed by atoms with van der Waals surface area (Å²) in [5, 5.41) is 0.688. The Morgan fingerprint density at radius 3 is 2.30 bits per heavy atom. The SMILES string of the molecule is CCOc1c(Cl)cc(C(C)(C)C)cc1CC(N)CC.Cl. The van der Waals surface area contributed by atoms with Crippen molar-refractivity contribution in [1.29, 1.82) is 0 Å². The second-order valence-electron chi connectivity index (χ2n) is 6.00. The van der Waals surface area contributed by atoms with Crippen LogP contribution in [0.2, 0.25) is 5.02 Å². The highest BCUT2D eigenvalue weighted by atomic mass is 35.5. The number of nitrogens with two attached hydrogens (primary N) is 1. The van der Waals surface area contributed by atoms with Crippen LogP contribution in [0, 0.1) is 0 Å². The molecule has 2 nitrogen and oxygen atoms in total. The van der Waals surface area contributed by atoms with Crippen molar-refractivity contribution in [3.05, 3.63) is 28.3 Å². The Morgan fingerprint density at radius 2 is 1.85 bits per heavy atom. The molecule has 1 aromatic carbocycles. The third kappa shape index (κ3) is 5.16. The van der Waals surface area contributed by atoms with E-state index < -0.39 is 0 Å². The molecule has 116 valence electrons. The summed E-state index contributed by atoms with van der Waals surface area (Å²) in [6.45, 7) is 11.2. The number of ether oxygens (including phenoxy) is 1. The summed E-state index contributed by atoms with van der Waals surface area (Å²) in [6, 6.07) is 4.34. The highest BCUT2D eigenvalue weighted by Gasteiger charge is 2.19. The van der Waals surface area contributed by atoms with Crippen LogP contribution in [0.1, 0.15) is 52.2 Å². The first kappa shape index (κ1) is 19.6.